The van der Waals surface area contributed by atoms with E-state index in [1.807, 2.05) is 48.5 Å². The van der Waals surface area contributed by atoms with Crippen LogP contribution in [0.5, 0.6) is 11.5 Å². The molecule has 1 atom stereocenters. The van der Waals surface area contributed by atoms with Crippen LogP contribution in [0.1, 0.15) is 38.9 Å². The predicted molar refractivity (Wildman–Crippen MR) is 158 cm³/mol. The number of aromatic carboxylic acids is 1. The number of carbonyl (C=O) groups is 1. The Hall–Kier alpha value is -4.40. The number of carboxylic acid groups (broad SMARTS) is 1. The number of benzene rings is 3. The molecular formula is C33H33N3O5. The summed E-state index contributed by atoms with van der Waals surface area (Å²) in [5, 5.41) is 24.0. The van der Waals surface area contributed by atoms with E-state index < -0.39 is 12.0 Å². The number of carboxylic acids is 1. The fourth-order valence-electron chi connectivity index (χ4n) is 5.90. The smallest absolute Gasteiger partial charge is 0.339 e. The monoisotopic (exact) mass is 551 g/mol. The molecule has 2 aromatic heterocycles. The number of pyridine rings is 1. The molecule has 3 heterocycles. The Morgan fingerprint density at radius 3 is 2.46 bits per heavy atom. The van der Waals surface area contributed by atoms with Gasteiger partial charge in [0.05, 0.1) is 12.6 Å². The van der Waals surface area contributed by atoms with Gasteiger partial charge in [0.25, 0.3) is 0 Å². The minimum absolute atomic E-state index is 0.0325. The van der Waals surface area contributed by atoms with Crippen molar-refractivity contribution in [2.75, 3.05) is 39.8 Å². The Balaban J connectivity index is 1.53. The maximum atomic E-state index is 12.6. The second kappa shape index (κ2) is 11.2. The summed E-state index contributed by atoms with van der Waals surface area (Å²) in [7, 11) is 2.09. The summed E-state index contributed by atoms with van der Waals surface area (Å²) in [4.78, 5) is 21.3. The van der Waals surface area contributed by atoms with Crippen molar-refractivity contribution in [1.29, 1.82) is 0 Å². The first-order valence-corrected chi connectivity index (χ1v) is 13.9. The summed E-state index contributed by atoms with van der Waals surface area (Å²) >= 11 is 0. The van der Waals surface area contributed by atoms with Crippen LogP contribution in [0.3, 0.4) is 0 Å². The number of aryl methyl sites for hydroxylation is 1. The number of aromatic hydroxyl groups is 1. The number of phenolic OH excluding ortho intramolecular Hbond substituents is 1. The van der Waals surface area contributed by atoms with Crippen LogP contribution in [0.2, 0.25) is 0 Å². The molecule has 1 aliphatic rings. The molecule has 1 fully saturated rings. The maximum Gasteiger partial charge on any atom is 0.339 e. The molecule has 8 heteroatoms. The van der Waals surface area contributed by atoms with Crippen LogP contribution < -0.4 is 4.74 Å². The highest BCUT2D eigenvalue weighted by Crippen LogP contribution is 2.48. The zero-order valence-electron chi connectivity index (χ0n) is 23.2. The lowest BCUT2D eigenvalue weighted by Crippen LogP contribution is -2.46. The molecule has 210 valence electrons. The summed E-state index contributed by atoms with van der Waals surface area (Å²) in [5.41, 5.74) is 3.15. The first-order chi connectivity index (χ1) is 19.9. The number of aromatic nitrogens is 1. The highest BCUT2D eigenvalue weighted by Gasteiger charge is 2.34. The van der Waals surface area contributed by atoms with Crippen LogP contribution in [0.15, 0.2) is 77.5 Å². The molecule has 1 aliphatic heterocycles. The lowest BCUT2D eigenvalue weighted by molar-refractivity contribution is 0.0696. The maximum absolute atomic E-state index is 12.6. The Bertz CT molecular complexity index is 1690. The Kier molecular flexibility index (Phi) is 7.34. The fourth-order valence-corrected chi connectivity index (χ4v) is 5.90. The van der Waals surface area contributed by atoms with E-state index in [9.17, 15) is 15.0 Å². The molecule has 1 unspecified atom stereocenters. The van der Waals surface area contributed by atoms with Gasteiger partial charge in [0.1, 0.15) is 28.4 Å². The number of furan rings is 1. The van der Waals surface area contributed by atoms with Gasteiger partial charge in [-0.15, -0.1) is 0 Å². The minimum atomic E-state index is -1.09. The van der Waals surface area contributed by atoms with Gasteiger partial charge in [-0.1, -0.05) is 30.3 Å². The van der Waals surface area contributed by atoms with E-state index in [0.29, 0.717) is 45.4 Å². The number of ether oxygens (including phenoxy) is 1. The highest BCUT2D eigenvalue weighted by atomic mass is 16.5. The number of phenols is 1. The van der Waals surface area contributed by atoms with Crippen LogP contribution in [-0.4, -0.2) is 70.8 Å². The fraction of sp³-hybridized carbons (Fsp3) is 0.273. The van der Waals surface area contributed by atoms with E-state index in [0.717, 1.165) is 38.2 Å². The van der Waals surface area contributed by atoms with Crippen molar-refractivity contribution in [3.05, 3.63) is 101 Å². The van der Waals surface area contributed by atoms with Gasteiger partial charge >= 0.3 is 5.97 Å². The van der Waals surface area contributed by atoms with Gasteiger partial charge in [-0.2, -0.15) is 0 Å². The molecule has 1 saturated heterocycles. The van der Waals surface area contributed by atoms with Gasteiger partial charge in [0.2, 0.25) is 0 Å². The second-order valence-electron chi connectivity index (χ2n) is 10.6. The topological polar surface area (TPSA) is 99.3 Å². The van der Waals surface area contributed by atoms with Crippen molar-refractivity contribution in [1.82, 2.24) is 14.8 Å². The Morgan fingerprint density at radius 2 is 1.76 bits per heavy atom. The van der Waals surface area contributed by atoms with E-state index >= 15 is 0 Å². The number of hydrogen-bond donors (Lipinski definition) is 2. The number of hydrogen-bond acceptors (Lipinski definition) is 7. The van der Waals surface area contributed by atoms with Crippen LogP contribution in [0.25, 0.3) is 21.7 Å². The summed E-state index contributed by atoms with van der Waals surface area (Å²) in [6.45, 7) is 5.36. The number of piperazine rings is 1. The third-order valence-corrected chi connectivity index (χ3v) is 8.01. The molecule has 5 aromatic rings. The van der Waals surface area contributed by atoms with E-state index in [1.54, 1.807) is 19.3 Å². The zero-order chi connectivity index (χ0) is 28.5. The van der Waals surface area contributed by atoms with Crippen molar-refractivity contribution >= 4 is 27.7 Å². The molecule has 0 radical (unpaired) electrons. The molecule has 6 rings (SSSR count). The van der Waals surface area contributed by atoms with E-state index in [4.69, 9.17) is 9.15 Å². The van der Waals surface area contributed by atoms with Gasteiger partial charge in [0.15, 0.2) is 0 Å². The van der Waals surface area contributed by atoms with Crippen molar-refractivity contribution in [3.8, 4) is 11.5 Å². The Labute approximate surface area is 238 Å². The van der Waals surface area contributed by atoms with Crippen LogP contribution in [0, 0.1) is 6.92 Å². The van der Waals surface area contributed by atoms with Crippen LogP contribution >= 0.6 is 0 Å². The summed E-state index contributed by atoms with van der Waals surface area (Å²) in [6.07, 6.45) is 4.21. The molecule has 0 aliphatic carbocycles. The molecule has 41 heavy (non-hydrogen) atoms. The normalized spacial score (nSPS) is 15.4. The van der Waals surface area contributed by atoms with Gasteiger partial charge in [0, 0.05) is 66.7 Å². The second-order valence-corrected chi connectivity index (χ2v) is 10.6. The highest BCUT2D eigenvalue weighted by molar-refractivity contribution is 6.16. The first kappa shape index (κ1) is 26.8. The summed E-state index contributed by atoms with van der Waals surface area (Å²) in [5.74, 6) is -0.134. The van der Waals surface area contributed by atoms with Crippen LogP contribution in [0.4, 0.5) is 0 Å². The van der Waals surface area contributed by atoms with Gasteiger partial charge < -0.3 is 24.3 Å². The SMILES string of the molecule is Cc1oc2c(c1C(=O)O)c(C(c1ccncc1)N1CCN(C)CC1)c(O)c1cc(OCCc3ccccc3)ccc12. The van der Waals surface area contributed by atoms with Gasteiger partial charge in [-0.3, -0.25) is 9.88 Å². The first-order valence-electron chi connectivity index (χ1n) is 13.9. The molecule has 0 saturated carbocycles. The lowest BCUT2D eigenvalue weighted by Gasteiger charge is -2.39. The number of fused-ring (bicyclic) bond motifs is 3. The van der Waals surface area contributed by atoms with Crippen molar-refractivity contribution in [2.24, 2.45) is 0 Å². The average molecular weight is 552 g/mol. The standard InChI is InChI=1S/C33H33N3O5/c1-21-27(33(38)39)28-29(30(23-10-13-34-14-11-23)36-17-15-35(2)16-18-36)31(37)26-20-24(8-9-25(26)32(28)41-21)40-19-12-22-6-4-3-5-7-22/h3-11,13-14,20,30,37H,12,15-19H2,1-2H3,(H,38,39). The zero-order valence-corrected chi connectivity index (χ0v) is 23.2. The van der Waals surface area contributed by atoms with Crippen molar-refractivity contribution < 1.29 is 24.2 Å². The third-order valence-electron chi connectivity index (χ3n) is 8.01. The van der Waals surface area contributed by atoms with Gasteiger partial charge in [-0.05, 0) is 55.4 Å². The van der Waals surface area contributed by atoms with E-state index in [2.05, 4.69) is 34.0 Å². The molecule has 8 nitrogen and oxygen atoms in total. The third kappa shape index (κ3) is 5.12. The average Bonchev–Trinajstić information content (AvgIpc) is 3.34. The largest absolute Gasteiger partial charge is 0.507 e. The molecule has 0 bridgehead atoms. The summed E-state index contributed by atoms with van der Waals surface area (Å²) < 4.78 is 12.3. The van der Waals surface area contributed by atoms with E-state index in [-0.39, 0.29) is 11.3 Å². The quantitative estimate of drug-likeness (QED) is 0.255. The molecule has 2 N–H and O–H groups in total. The van der Waals surface area contributed by atoms with Crippen molar-refractivity contribution in [2.45, 2.75) is 19.4 Å². The van der Waals surface area contributed by atoms with Crippen molar-refractivity contribution in [3.63, 3.8) is 0 Å². The van der Waals surface area contributed by atoms with E-state index in [1.165, 1.54) is 5.56 Å². The molecule has 3 aromatic carbocycles. The molecule has 0 spiro atoms. The van der Waals surface area contributed by atoms with Crippen LogP contribution in [-0.2, 0) is 6.42 Å². The minimum Gasteiger partial charge on any atom is -0.507 e. The van der Waals surface area contributed by atoms with Gasteiger partial charge in [-0.25, -0.2) is 4.79 Å². The number of rotatable bonds is 8. The number of nitrogens with zero attached hydrogens (tertiary/aromatic N) is 3. The summed E-state index contributed by atoms with van der Waals surface area (Å²) in [6, 6.07) is 19.1. The Morgan fingerprint density at radius 1 is 1.02 bits per heavy atom. The number of likely N-dealkylation sites (N-methyl/N-ethyl adjacent to an activating group) is 1. The molecular weight excluding hydrogens is 518 g/mol. The lowest BCUT2D eigenvalue weighted by atomic mass is 9.89. The predicted octanol–water partition coefficient (Wildman–Crippen LogP) is 5.65. The molecule has 0 amide bonds.